The SMILES string of the molecule is CCCCN(Cc1cccn1Cc1cccc(C)c1)C(=O)CN(CCOC)C(=O)c1cc(OC)cc(OC)c1. The summed E-state index contributed by atoms with van der Waals surface area (Å²) >= 11 is 0. The summed E-state index contributed by atoms with van der Waals surface area (Å²) in [6, 6.07) is 17.5. The van der Waals surface area contributed by atoms with E-state index in [9.17, 15) is 9.59 Å². The molecular weight excluding hydrogens is 494 g/mol. The highest BCUT2D eigenvalue weighted by Crippen LogP contribution is 2.23. The zero-order valence-corrected chi connectivity index (χ0v) is 23.8. The quantitative estimate of drug-likeness (QED) is 0.280. The zero-order chi connectivity index (χ0) is 28.2. The van der Waals surface area contributed by atoms with Crippen LogP contribution in [0.4, 0.5) is 0 Å². The Kier molecular flexibility index (Phi) is 11.4. The first-order chi connectivity index (χ1) is 18.9. The molecule has 0 aliphatic rings. The Labute approximate surface area is 232 Å². The number of methoxy groups -OCH3 is 3. The van der Waals surface area contributed by atoms with E-state index >= 15 is 0 Å². The molecule has 39 heavy (non-hydrogen) atoms. The normalized spacial score (nSPS) is 10.8. The smallest absolute Gasteiger partial charge is 0.254 e. The average molecular weight is 536 g/mol. The van der Waals surface area contributed by atoms with Gasteiger partial charge in [-0.3, -0.25) is 9.59 Å². The Morgan fingerprint density at radius 3 is 2.28 bits per heavy atom. The second-order valence-electron chi connectivity index (χ2n) is 9.61. The molecule has 3 aromatic rings. The fourth-order valence-electron chi connectivity index (χ4n) is 4.42. The minimum atomic E-state index is -0.282. The van der Waals surface area contributed by atoms with Crippen LogP contribution in [0.15, 0.2) is 60.8 Å². The Morgan fingerprint density at radius 1 is 0.897 bits per heavy atom. The lowest BCUT2D eigenvalue weighted by Crippen LogP contribution is -2.44. The maximum absolute atomic E-state index is 13.7. The molecule has 0 atom stereocenters. The molecule has 2 amide bonds. The molecule has 0 spiro atoms. The number of nitrogens with zero attached hydrogens (tertiary/aromatic N) is 3. The van der Waals surface area contributed by atoms with Crippen LogP contribution in [0.3, 0.4) is 0 Å². The van der Waals surface area contributed by atoms with Crippen LogP contribution in [-0.4, -0.2) is 73.8 Å². The second kappa shape index (κ2) is 15.0. The first-order valence-electron chi connectivity index (χ1n) is 13.4. The van der Waals surface area contributed by atoms with Gasteiger partial charge in [-0.2, -0.15) is 0 Å². The molecule has 3 rings (SSSR count). The first-order valence-corrected chi connectivity index (χ1v) is 13.4. The van der Waals surface area contributed by atoms with E-state index in [1.807, 2.05) is 17.2 Å². The van der Waals surface area contributed by atoms with Crippen LogP contribution in [0.1, 0.15) is 46.9 Å². The Balaban J connectivity index is 1.80. The maximum Gasteiger partial charge on any atom is 0.254 e. The van der Waals surface area contributed by atoms with E-state index in [2.05, 4.69) is 48.7 Å². The Hall–Kier alpha value is -3.78. The summed E-state index contributed by atoms with van der Waals surface area (Å²) in [7, 11) is 4.65. The van der Waals surface area contributed by atoms with E-state index in [0.717, 1.165) is 25.1 Å². The summed E-state index contributed by atoms with van der Waals surface area (Å²) in [5.41, 5.74) is 3.87. The van der Waals surface area contributed by atoms with Gasteiger partial charge in [0.1, 0.15) is 18.0 Å². The molecule has 0 aliphatic heterocycles. The Morgan fingerprint density at radius 2 is 1.64 bits per heavy atom. The minimum absolute atomic E-state index is 0.0516. The number of aryl methyl sites for hydroxylation is 1. The topological polar surface area (TPSA) is 73.2 Å². The van der Waals surface area contributed by atoms with Crippen molar-refractivity contribution in [1.29, 1.82) is 0 Å². The van der Waals surface area contributed by atoms with E-state index in [0.29, 0.717) is 36.8 Å². The number of carbonyl (C=O) groups excluding carboxylic acids is 2. The van der Waals surface area contributed by atoms with Gasteiger partial charge in [-0.05, 0) is 43.2 Å². The van der Waals surface area contributed by atoms with Crippen LogP contribution in [0.25, 0.3) is 0 Å². The summed E-state index contributed by atoms with van der Waals surface area (Å²) < 4.78 is 18.1. The first kappa shape index (κ1) is 29.8. The number of aromatic nitrogens is 1. The predicted molar refractivity (Wildman–Crippen MR) is 152 cm³/mol. The molecule has 1 heterocycles. The molecule has 2 aromatic carbocycles. The predicted octanol–water partition coefficient (Wildman–Crippen LogP) is 4.78. The number of unbranched alkanes of at least 4 members (excludes halogenated alkanes) is 1. The van der Waals surface area contributed by atoms with Gasteiger partial charge in [-0.1, -0.05) is 43.2 Å². The van der Waals surface area contributed by atoms with E-state index in [-0.39, 0.29) is 24.9 Å². The number of rotatable bonds is 15. The molecule has 0 aliphatic carbocycles. The third kappa shape index (κ3) is 8.61. The summed E-state index contributed by atoms with van der Waals surface area (Å²) in [5, 5.41) is 0. The van der Waals surface area contributed by atoms with Crippen LogP contribution in [0.5, 0.6) is 11.5 Å². The van der Waals surface area contributed by atoms with E-state index in [4.69, 9.17) is 14.2 Å². The van der Waals surface area contributed by atoms with Crippen LogP contribution in [0.2, 0.25) is 0 Å². The largest absolute Gasteiger partial charge is 0.497 e. The highest BCUT2D eigenvalue weighted by Gasteiger charge is 2.24. The number of hydrogen-bond acceptors (Lipinski definition) is 5. The summed E-state index contributed by atoms with van der Waals surface area (Å²) in [6.45, 7) is 6.55. The van der Waals surface area contributed by atoms with Gasteiger partial charge in [0, 0.05) is 50.3 Å². The fraction of sp³-hybridized carbons (Fsp3) is 0.419. The fourth-order valence-corrected chi connectivity index (χ4v) is 4.42. The van der Waals surface area contributed by atoms with Crippen molar-refractivity contribution >= 4 is 11.8 Å². The van der Waals surface area contributed by atoms with E-state index in [1.165, 1.54) is 30.2 Å². The molecule has 0 radical (unpaired) electrons. The van der Waals surface area contributed by atoms with Gasteiger partial charge in [0.25, 0.3) is 5.91 Å². The lowest BCUT2D eigenvalue weighted by molar-refractivity contribution is -0.132. The number of benzene rings is 2. The molecule has 0 saturated heterocycles. The summed E-state index contributed by atoms with van der Waals surface area (Å²) in [5.74, 6) is 0.631. The van der Waals surface area contributed by atoms with Gasteiger partial charge in [0.15, 0.2) is 0 Å². The van der Waals surface area contributed by atoms with Gasteiger partial charge >= 0.3 is 0 Å². The zero-order valence-electron chi connectivity index (χ0n) is 23.8. The lowest BCUT2D eigenvalue weighted by atomic mass is 10.1. The van der Waals surface area contributed by atoms with Crippen molar-refractivity contribution in [2.24, 2.45) is 0 Å². The van der Waals surface area contributed by atoms with Crippen molar-refractivity contribution in [3.63, 3.8) is 0 Å². The van der Waals surface area contributed by atoms with Gasteiger partial charge in [-0.25, -0.2) is 0 Å². The Bertz CT molecular complexity index is 1200. The van der Waals surface area contributed by atoms with Crippen molar-refractivity contribution < 1.29 is 23.8 Å². The van der Waals surface area contributed by atoms with Crippen molar-refractivity contribution in [1.82, 2.24) is 14.4 Å². The maximum atomic E-state index is 13.7. The van der Waals surface area contributed by atoms with Crippen LogP contribution < -0.4 is 9.47 Å². The molecule has 0 fully saturated rings. The molecule has 0 unspecified atom stereocenters. The van der Waals surface area contributed by atoms with Gasteiger partial charge < -0.3 is 28.6 Å². The molecule has 8 heteroatoms. The molecule has 1 aromatic heterocycles. The van der Waals surface area contributed by atoms with Gasteiger partial charge in [-0.15, -0.1) is 0 Å². The van der Waals surface area contributed by atoms with Crippen molar-refractivity contribution in [2.45, 2.75) is 39.8 Å². The lowest BCUT2D eigenvalue weighted by Gasteiger charge is -2.28. The minimum Gasteiger partial charge on any atom is -0.497 e. The molecule has 0 saturated carbocycles. The van der Waals surface area contributed by atoms with E-state index < -0.39 is 0 Å². The van der Waals surface area contributed by atoms with Crippen LogP contribution in [-0.2, 0) is 22.6 Å². The van der Waals surface area contributed by atoms with E-state index in [1.54, 1.807) is 25.3 Å². The number of hydrogen-bond donors (Lipinski definition) is 0. The summed E-state index contributed by atoms with van der Waals surface area (Å²) in [4.78, 5) is 30.6. The highest BCUT2D eigenvalue weighted by molar-refractivity contribution is 5.97. The summed E-state index contributed by atoms with van der Waals surface area (Å²) in [6.07, 6.45) is 3.89. The number of ether oxygens (including phenoxy) is 3. The molecule has 210 valence electrons. The molecule has 8 nitrogen and oxygen atoms in total. The average Bonchev–Trinajstić information content (AvgIpc) is 3.38. The molecule has 0 bridgehead atoms. The second-order valence-corrected chi connectivity index (χ2v) is 9.61. The number of amides is 2. The third-order valence-electron chi connectivity index (χ3n) is 6.62. The van der Waals surface area contributed by atoms with Crippen LogP contribution in [0, 0.1) is 6.92 Å². The van der Waals surface area contributed by atoms with Crippen molar-refractivity contribution in [2.75, 3.05) is 47.6 Å². The highest BCUT2D eigenvalue weighted by atomic mass is 16.5. The van der Waals surface area contributed by atoms with Crippen molar-refractivity contribution in [3.05, 3.63) is 83.2 Å². The van der Waals surface area contributed by atoms with Crippen LogP contribution >= 0.6 is 0 Å². The standard InChI is InChI=1S/C31H41N3O5/c1-6-7-13-33(22-27-12-9-14-32(27)21-25-11-8-10-24(2)17-25)30(35)23-34(15-16-37-3)31(36)26-18-28(38-4)20-29(19-26)39-5/h8-12,14,17-20H,6-7,13,15-16,21-23H2,1-5H3. The van der Waals surface area contributed by atoms with Gasteiger partial charge in [0.2, 0.25) is 5.91 Å². The molecular formula is C31H41N3O5. The molecule has 0 N–H and O–H groups in total. The monoisotopic (exact) mass is 535 g/mol. The van der Waals surface area contributed by atoms with Gasteiger partial charge in [0.05, 0.1) is 27.4 Å². The third-order valence-corrected chi connectivity index (χ3v) is 6.62. The van der Waals surface area contributed by atoms with Crippen molar-refractivity contribution in [3.8, 4) is 11.5 Å². The number of carbonyl (C=O) groups is 2.